The predicted octanol–water partition coefficient (Wildman–Crippen LogP) is 4.47. The van der Waals surface area contributed by atoms with Gasteiger partial charge in [0.25, 0.3) is 5.69 Å². The molecule has 0 aromatic heterocycles. The number of hydrogen-bond acceptors (Lipinski definition) is 5. The minimum atomic E-state index is -1.34. The van der Waals surface area contributed by atoms with E-state index < -0.39 is 40.3 Å². The standard InChI is InChI=1S/C24H20FN3O6/c1-15(27(24(31)32)14-16-7-3-2-4-8-16)23(30)26-21-12-11-17(28(33)34)13-19(21)22(29)18-9-5-6-10-20(18)25/h2-13,15H,14H2,1H3,(H,26,30)(H,31,32). The van der Waals surface area contributed by atoms with Crippen molar-refractivity contribution in [3.8, 4) is 0 Å². The maximum atomic E-state index is 14.2. The highest BCUT2D eigenvalue weighted by Gasteiger charge is 2.28. The highest BCUT2D eigenvalue weighted by atomic mass is 19.1. The summed E-state index contributed by atoms with van der Waals surface area (Å²) in [5.41, 5.74) is -0.509. The summed E-state index contributed by atoms with van der Waals surface area (Å²) < 4.78 is 14.2. The molecule has 0 aliphatic heterocycles. The van der Waals surface area contributed by atoms with Crippen LogP contribution in [-0.4, -0.2) is 38.8 Å². The van der Waals surface area contributed by atoms with E-state index in [2.05, 4.69) is 5.32 Å². The van der Waals surface area contributed by atoms with Crippen LogP contribution in [0, 0.1) is 15.9 Å². The molecule has 0 spiro atoms. The number of halogens is 1. The first-order valence-electron chi connectivity index (χ1n) is 10.1. The Bertz CT molecular complexity index is 1250. The van der Waals surface area contributed by atoms with Gasteiger partial charge in [-0.1, -0.05) is 42.5 Å². The van der Waals surface area contributed by atoms with Crippen molar-refractivity contribution in [3.05, 3.63) is 105 Å². The molecular weight excluding hydrogens is 445 g/mol. The summed E-state index contributed by atoms with van der Waals surface area (Å²) in [5.74, 6) is -2.47. The molecule has 1 unspecified atom stereocenters. The molecule has 3 aromatic rings. The van der Waals surface area contributed by atoms with E-state index in [-0.39, 0.29) is 23.4 Å². The first-order valence-corrected chi connectivity index (χ1v) is 10.1. The van der Waals surface area contributed by atoms with Gasteiger partial charge in [-0.15, -0.1) is 0 Å². The van der Waals surface area contributed by atoms with Crippen LogP contribution in [0.3, 0.4) is 0 Å². The summed E-state index contributed by atoms with van der Waals surface area (Å²) in [5, 5.41) is 23.3. The molecule has 0 bridgehead atoms. The number of rotatable bonds is 8. The summed E-state index contributed by atoms with van der Waals surface area (Å²) in [6.45, 7) is 1.31. The number of nitrogens with one attached hydrogen (secondary N) is 1. The number of non-ortho nitro benzene ring substituents is 1. The van der Waals surface area contributed by atoms with Crippen molar-refractivity contribution in [2.75, 3.05) is 5.32 Å². The number of ketones is 1. The molecule has 2 N–H and O–H groups in total. The zero-order chi connectivity index (χ0) is 24.8. The molecule has 10 heteroatoms. The second-order valence-electron chi connectivity index (χ2n) is 7.36. The van der Waals surface area contributed by atoms with E-state index in [0.29, 0.717) is 5.56 Å². The van der Waals surface area contributed by atoms with Crippen LogP contribution in [0.2, 0.25) is 0 Å². The Hall–Kier alpha value is -4.60. The second kappa shape index (κ2) is 10.3. The number of benzene rings is 3. The molecule has 0 aliphatic rings. The third-order valence-electron chi connectivity index (χ3n) is 5.12. The first-order chi connectivity index (χ1) is 16.2. The number of nitrogens with zero attached hydrogens (tertiary/aromatic N) is 2. The van der Waals surface area contributed by atoms with Crippen LogP contribution in [0.1, 0.15) is 28.4 Å². The highest BCUT2D eigenvalue weighted by Crippen LogP contribution is 2.26. The normalized spacial score (nSPS) is 11.4. The molecule has 0 heterocycles. The lowest BCUT2D eigenvalue weighted by Gasteiger charge is -2.26. The van der Waals surface area contributed by atoms with Gasteiger partial charge >= 0.3 is 6.09 Å². The van der Waals surface area contributed by atoms with Crippen LogP contribution in [-0.2, 0) is 11.3 Å². The third kappa shape index (κ3) is 5.41. The molecule has 3 rings (SSSR count). The van der Waals surface area contributed by atoms with Gasteiger partial charge in [0.05, 0.1) is 21.7 Å². The van der Waals surface area contributed by atoms with Crippen LogP contribution in [0.4, 0.5) is 20.6 Å². The summed E-state index contributed by atoms with van der Waals surface area (Å²) in [7, 11) is 0. The van der Waals surface area contributed by atoms with E-state index >= 15 is 0 Å². The minimum Gasteiger partial charge on any atom is -0.465 e. The number of carbonyl (C=O) groups excluding carboxylic acids is 2. The number of hydrogen-bond donors (Lipinski definition) is 2. The van der Waals surface area contributed by atoms with E-state index in [0.717, 1.165) is 29.2 Å². The van der Waals surface area contributed by atoms with E-state index in [9.17, 15) is 34.0 Å². The van der Waals surface area contributed by atoms with Gasteiger partial charge in [0.2, 0.25) is 5.91 Å². The van der Waals surface area contributed by atoms with E-state index in [1.807, 2.05) is 0 Å². The molecular formula is C24H20FN3O6. The lowest BCUT2D eigenvalue weighted by atomic mass is 10.00. The van der Waals surface area contributed by atoms with Gasteiger partial charge in [-0.05, 0) is 30.7 Å². The summed E-state index contributed by atoms with van der Waals surface area (Å²) >= 11 is 0. The SMILES string of the molecule is CC(C(=O)Nc1ccc([N+](=O)[O-])cc1C(=O)c1ccccc1F)N(Cc1ccccc1)C(=O)O. The fraction of sp³-hybridized carbons (Fsp3) is 0.125. The molecule has 0 radical (unpaired) electrons. The Morgan fingerprint density at radius 2 is 1.68 bits per heavy atom. The van der Waals surface area contributed by atoms with E-state index in [1.165, 1.54) is 25.1 Å². The van der Waals surface area contributed by atoms with Crippen molar-refractivity contribution >= 4 is 29.2 Å². The molecule has 34 heavy (non-hydrogen) atoms. The molecule has 0 fully saturated rings. The lowest BCUT2D eigenvalue weighted by Crippen LogP contribution is -2.44. The average Bonchev–Trinajstić information content (AvgIpc) is 2.82. The summed E-state index contributed by atoms with van der Waals surface area (Å²) in [6, 6.07) is 15.8. The Balaban J connectivity index is 1.92. The number of carboxylic acid groups (broad SMARTS) is 1. The first kappa shape index (κ1) is 24.1. The van der Waals surface area contributed by atoms with Gasteiger partial charge in [-0.25, -0.2) is 9.18 Å². The maximum Gasteiger partial charge on any atom is 0.408 e. The molecule has 9 nitrogen and oxygen atoms in total. The lowest BCUT2D eigenvalue weighted by molar-refractivity contribution is -0.384. The van der Waals surface area contributed by atoms with Crippen LogP contribution < -0.4 is 5.32 Å². The van der Waals surface area contributed by atoms with Crippen molar-refractivity contribution in [1.29, 1.82) is 0 Å². The van der Waals surface area contributed by atoms with Crippen molar-refractivity contribution < 1.29 is 28.8 Å². The molecule has 0 saturated carbocycles. The largest absolute Gasteiger partial charge is 0.465 e. The predicted molar refractivity (Wildman–Crippen MR) is 121 cm³/mol. The summed E-state index contributed by atoms with van der Waals surface area (Å²) in [6.07, 6.45) is -1.34. The van der Waals surface area contributed by atoms with Gasteiger partial charge in [0.1, 0.15) is 11.9 Å². The topological polar surface area (TPSA) is 130 Å². The number of anilines is 1. The number of nitro groups is 1. The van der Waals surface area contributed by atoms with Gasteiger partial charge in [-0.3, -0.25) is 24.6 Å². The van der Waals surface area contributed by atoms with Gasteiger partial charge in [-0.2, -0.15) is 0 Å². The molecule has 174 valence electrons. The van der Waals surface area contributed by atoms with Gasteiger partial charge < -0.3 is 10.4 Å². The zero-order valence-electron chi connectivity index (χ0n) is 18.0. The highest BCUT2D eigenvalue weighted by molar-refractivity contribution is 6.14. The quantitative estimate of drug-likeness (QED) is 0.287. The van der Waals surface area contributed by atoms with Crippen LogP contribution in [0.5, 0.6) is 0 Å². The fourth-order valence-corrected chi connectivity index (χ4v) is 3.26. The van der Waals surface area contributed by atoms with Crippen molar-refractivity contribution in [3.63, 3.8) is 0 Å². The van der Waals surface area contributed by atoms with Gasteiger partial charge in [0.15, 0.2) is 5.78 Å². The smallest absolute Gasteiger partial charge is 0.408 e. The minimum absolute atomic E-state index is 0.0635. The number of amides is 2. The monoisotopic (exact) mass is 465 g/mol. The van der Waals surface area contributed by atoms with Crippen LogP contribution in [0.25, 0.3) is 0 Å². The third-order valence-corrected chi connectivity index (χ3v) is 5.12. The fourth-order valence-electron chi connectivity index (χ4n) is 3.26. The van der Waals surface area contributed by atoms with Crippen molar-refractivity contribution in [2.45, 2.75) is 19.5 Å². The second-order valence-corrected chi connectivity index (χ2v) is 7.36. The number of nitro benzene ring substituents is 1. The Labute approximate surface area is 193 Å². The maximum absolute atomic E-state index is 14.2. The Kier molecular flexibility index (Phi) is 7.32. The van der Waals surface area contributed by atoms with Crippen molar-refractivity contribution in [2.24, 2.45) is 0 Å². The van der Waals surface area contributed by atoms with Crippen LogP contribution in [0.15, 0.2) is 72.8 Å². The Morgan fingerprint density at radius 1 is 1.03 bits per heavy atom. The van der Waals surface area contributed by atoms with E-state index in [4.69, 9.17) is 0 Å². The van der Waals surface area contributed by atoms with E-state index in [1.54, 1.807) is 30.3 Å². The average molecular weight is 465 g/mol. The molecule has 3 aromatic carbocycles. The summed E-state index contributed by atoms with van der Waals surface area (Å²) in [4.78, 5) is 49.1. The van der Waals surface area contributed by atoms with Crippen molar-refractivity contribution in [1.82, 2.24) is 4.90 Å². The van der Waals surface area contributed by atoms with Gasteiger partial charge in [0, 0.05) is 18.7 Å². The van der Waals surface area contributed by atoms with Crippen LogP contribution >= 0.6 is 0 Å². The zero-order valence-corrected chi connectivity index (χ0v) is 18.0. The number of carbonyl (C=O) groups is 3. The Morgan fingerprint density at radius 3 is 2.29 bits per heavy atom. The molecule has 2 amide bonds. The molecule has 1 atom stereocenters. The molecule has 0 aliphatic carbocycles. The molecule has 0 saturated heterocycles.